The zero-order valence-electron chi connectivity index (χ0n) is 13.5. The van der Waals surface area contributed by atoms with Gasteiger partial charge in [0, 0.05) is 9.79 Å². The van der Waals surface area contributed by atoms with Gasteiger partial charge in [-0.25, -0.2) is 4.68 Å². The van der Waals surface area contributed by atoms with Crippen LogP contribution in [-0.4, -0.2) is 26.7 Å². The highest BCUT2D eigenvalue weighted by Crippen LogP contribution is 2.18. The summed E-state index contributed by atoms with van der Waals surface area (Å²) in [6.07, 6.45) is 1.86. The van der Waals surface area contributed by atoms with E-state index in [1.54, 1.807) is 16.4 Å². The van der Waals surface area contributed by atoms with Crippen molar-refractivity contribution in [3.8, 4) is 0 Å². The number of rotatable bonds is 8. The molecule has 3 rings (SSSR count). The van der Waals surface area contributed by atoms with Crippen LogP contribution in [0.3, 0.4) is 0 Å². The molecule has 0 atom stereocenters. The molecule has 1 heterocycles. The minimum Gasteiger partial charge on any atom is -0.350 e. The van der Waals surface area contributed by atoms with Crippen LogP contribution in [-0.2, 0) is 17.2 Å². The molecule has 0 spiro atoms. The van der Waals surface area contributed by atoms with Crippen molar-refractivity contribution in [2.75, 3.05) is 5.75 Å². The van der Waals surface area contributed by atoms with Crippen LogP contribution in [0.15, 0.2) is 76.7 Å². The summed E-state index contributed by atoms with van der Waals surface area (Å²) in [5.41, 5.74) is 0.756. The first kappa shape index (κ1) is 17.6. The summed E-state index contributed by atoms with van der Waals surface area (Å²) >= 11 is 3.20. The van der Waals surface area contributed by atoms with E-state index < -0.39 is 0 Å². The molecule has 0 saturated heterocycles. The minimum absolute atomic E-state index is 0.0120. The molecule has 3 aromatic rings. The fourth-order valence-corrected chi connectivity index (χ4v) is 3.55. The molecule has 1 N–H and O–H groups in total. The highest BCUT2D eigenvalue weighted by Gasteiger charge is 2.06. The van der Waals surface area contributed by atoms with E-state index in [2.05, 4.69) is 27.8 Å². The first-order chi connectivity index (χ1) is 12.3. The fraction of sp³-hybridized carbons (Fsp3) is 0.167. The van der Waals surface area contributed by atoms with Crippen molar-refractivity contribution < 1.29 is 4.79 Å². The molecule has 0 bridgehead atoms. The summed E-state index contributed by atoms with van der Waals surface area (Å²) in [5.74, 6) is 1.07. The van der Waals surface area contributed by atoms with Crippen molar-refractivity contribution in [3.05, 3.63) is 72.6 Å². The smallest absolute Gasteiger partial charge is 0.230 e. The predicted molar refractivity (Wildman–Crippen MR) is 101 cm³/mol. The van der Waals surface area contributed by atoms with Crippen LogP contribution in [0, 0.1) is 0 Å². The summed E-state index contributed by atoms with van der Waals surface area (Å²) in [6.45, 7) is 0.393. The van der Waals surface area contributed by atoms with E-state index in [4.69, 9.17) is 0 Å². The van der Waals surface area contributed by atoms with E-state index >= 15 is 0 Å². The van der Waals surface area contributed by atoms with Gasteiger partial charge in [-0.3, -0.25) is 4.79 Å². The molecule has 0 fully saturated rings. The van der Waals surface area contributed by atoms with Gasteiger partial charge >= 0.3 is 0 Å². The molecule has 0 unspecified atom stereocenters. The molecule has 1 aromatic heterocycles. The van der Waals surface area contributed by atoms with Gasteiger partial charge in [0.05, 0.1) is 24.4 Å². The zero-order chi connectivity index (χ0) is 17.3. The topological polar surface area (TPSA) is 59.8 Å². The molecule has 2 aromatic carbocycles. The number of nitrogens with one attached hydrogen (secondary N) is 1. The number of benzene rings is 2. The van der Waals surface area contributed by atoms with Gasteiger partial charge < -0.3 is 5.32 Å². The number of hydrogen-bond donors (Lipinski definition) is 1. The van der Waals surface area contributed by atoms with Crippen molar-refractivity contribution in [1.29, 1.82) is 0 Å². The zero-order valence-corrected chi connectivity index (χ0v) is 15.2. The third kappa shape index (κ3) is 5.95. The Kier molecular flexibility index (Phi) is 6.53. The molecule has 5 nitrogen and oxygen atoms in total. The predicted octanol–water partition coefficient (Wildman–Crippen LogP) is 3.44. The number of hydrogen-bond acceptors (Lipinski definition) is 5. The monoisotopic (exact) mass is 370 g/mol. The van der Waals surface area contributed by atoms with E-state index in [0.29, 0.717) is 18.2 Å². The molecule has 1 amide bonds. The Morgan fingerprint density at radius 1 is 0.960 bits per heavy atom. The largest absolute Gasteiger partial charge is 0.350 e. The average molecular weight is 371 g/mol. The number of carbonyl (C=O) groups excluding carboxylic acids is 1. The quantitative estimate of drug-likeness (QED) is 0.616. The van der Waals surface area contributed by atoms with Gasteiger partial charge in [-0.1, -0.05) is 41.6 Å². The van der Waals surface area contributed by atoms with E-state index in [0.717, 1.165) is 10.6 Å². The Hall–Kier alpha value is -2.25. The first-order valence-corrected chi connectivity index (χ1v) is 9.78. The third-order valence-electron chi connectivity index (χ3n) is 3.27. The summed E-state index contributed by atoms with van der Waals surface area (Å²) in [6, 6.07) is 20.0. The van der Waals surface area contributed by atoms with Gasteiger partial charge in [-0.05, 0) is 24.3 Å². The second kappa shape index (κ2) is 9.29. The number of carbonyl (C=O) groups is 1. The first-order valence-electron chi connectivity index (χ1n) is 7.81. The van der Waals surface area contributed by atoms with Crippen LogP contribution in [0.5, 0.6) is 0 Å². The molecule has 128 valence electrons. The normalized spacial score (nSPS) is 10.6. The van der Waals surface area contributed by atoms with Crippen molar-refractivity contribution in [2.45, 2.75) is 22.2 Å². The molecule has 25 heavy (non-hydrogen) atoms. The van der Waals surface area contributed by atoms with E-state index in [1.807, 2.05) is 54.7 Å². The molecule has 0 saturated carbocycles. The van der Waals surface area contributed by atoms with Crippen molar-refractivity contribution in [2.24, 2.45) is 0 Å². The van der Waals surface area contributed by atoms with Gasteiger partial charge in [0.25, 0.3) is 0 Å². The second-order valence-corrected chi connectivity index (χ2v) is 7.28. The van der Waals surface area contributed by atoms with Gasteiger partial charge in [-0.2, -0.15) is 0 Å². The summed E-state index contributed by atoms with van der Waals surface area (Å²) in [4.78, 5) is 14.2. The lowest BCUT2D eigenvalue weighted by Crippen LogP contribution is -2.24. The van der Waals surface area contributed by atoms with Crippen LogP contribution < -0.4 is 5.32 Å². The lowest BCUT2D eigenvalue weighted by Gasteiger charge is -2.03. The van der Waals surface area contributed by atoms with Crippen LogP contribution in [0.1, 0.15) is 5.69 Å². The molecule has 7 heteroatoms. The SMILES string of the molecule is O=C(CSc1ccccc1)NCc1cn(CSc2ccccc2)nn1. The summed E-state index contributed by atoms with van der Waals surface area (Å²) in [7, 11) is 0. The molecule has 0 radical (unpaired) electrons. The fourth-order valence-electron chi connectivity index (χ4n) is 2.05. The van der Waals surface area contributed by atoms with Crippen molar-refractivity contribution in [1.82, 2.24) is 20.3 Å². The number of nitrogens with zero attached hydrogens (tertiary/aromatic N) is 3. The Balaban J connectivity index is 1.40. The van der Waals surface area contributed by atoms with Gasteiger partial charge in [-0.15, -0.1) is 28.6 Å². The molecule has 0 aliphatic rings. The molecular weight excluding hydrogens is 352 g/mol. The van der Waals surface area contributed by atoms with Gasteiger partial charge in [0.15, 0.2) is 0 Å². The van der Waals surface area contributed by atoms with E-state index in [9.17, 15) is 4.79 Å². The Bertz CT molecular complexity index is 793. The number of amides is 1. The van der Waals surface area contributed by atoms with Gasteiger partial charge in [0.2, 0.25) is 5.91 Å². The van der Waals surface area contributed by atoms with Crippen molar-refractivity contribution >= 4 is 29.4 Å². The number of aromatic nitrogens is 3. The maximum Gasteiger partial charge on any atom is 0.230 e. The van der Waals surface area contributed by atoms with Crippen molar-refractivity contribution in [3.63, 3.8) is 0 Å². The third-order valence-corrected chi connectivity index (χ3v) is 5.28. The average Bonchev–Trinajstić information content (AvgIpc) is 3.13. The Labute approximate surface area is 155 Å². The highest BCUT2D eigenvalue weighted by molar-refractivity contribution is 8.00. The van der Waals surface area contributed by atoms with Crippen LogP contribution in [0.25, 0.3) is 0 Å². The maximum absolute atomic E-state index is 11.9. The van der Waals surface area contributed by atoms with Crippen LogP contribution >= 0.6 is 23.5 Å². The highest BCUT2D eigenvalue weighted by atomic mass is 32.2. The van der Waals surface area contributed by atoms with Crippen LogP contribution in [0.4, 0.5) is 0 Å². The Morgan fingerprint density at radius 3 is 2.28 bits per heavy atom. The van der Waals surface area contributed by atoms with E-state index in [-0.39, 0.29) is 5.91 Å². The lowest BCUT2D eigenvalue weighted by atomic mass is 10.4. The van der Waals surface area contributed by atoms with Gasteiger partial charge in [0.1, 0.15) is 5.69 Å². The molecule has 0 aliphatic heterocycles. The maximum atomic E-state index is 11.9. The number of thioether (sulfide) groups is 2. The molecule has 0 aliphatic carbocycles. The molecular formula is C18H18N4OS2. The Morgan fingerprint density at radius 2 is 1.60 bits per heavy atom. The standard InChI is InChI=1S/C18H18N4OS2/c23-18(13-24-16-7-3-1-4-8-16)19-11-15-12-22(21-20-15)14-25-17-9-5-2-6-10-17/h1-10,12H,11,13-14H2,(H,19,23). The summed E-state index contributed by atoms with van der Waals surface area (Å²) < 4.78 is 1.78. The van der Waals surface area contributed by atoms with E-state index in [1.165, 1.54) is 16.7 Å². The summed E-state index contributed by atoms with van der Waals surface area (Å²) in [5, 5.41) is 11.1. The lowest BCUT2D eigenvalue weighted by molar-refractivity contribution is -0.118. The second-order valence-electron chi connectivity index (χ2n) is 5.21. The van der Waals surface area contributed by atoms with Crippen LogP contribution in [0.2, 0.25) is 0 Å². The minimum atomic E-state index is -0.0120.